The number of rotatable bonds is 6. The molecule has 2 N–H and O–H groups in total. The van der Waals surface area contributed by atoms with E-state index < -0.39 is 11.9 Å². The number of carbonyl (C=O) groups is 2. The highest BCUT2D eigenvalue weighted by Crippen LogP contribution is 2.48. The lowest BCUT2D eigenvalue weighted by Crippen LogP contribution is -2.36. The van der Waals surface area contributed by atoms with Crippen LogP contribution in [0.5, 0.6) is 11.5 Å². The third-order valence-electron chi connectivity index (χ3n) is 7.42. The van der Waals surface area contributed by atoms with Crippen molar-refractivity contribution in [2.75, 3.05) is 20.3 Å². The number of ether oxygens (including phenoxy) is 3. The Hall–Kier alpha value is -3.17. The Bertz CT molecular complexity index is 1330. The van der Waals surface area contributed by atoms with Crippen molar-refractivity contribution < 1.29 is 33.3 Å². The molecule has 0 bridgehead atoms. The first-order valence-corrected chi connectivity index (χ1v) is 13.4. The third kappa shape index (κ3) is 5.09. The van der Waals surface area contributed by atoms with Crippen LogP contribution in [0.2, 0.25) is 0 Å². The maximum atomic E-state index is 13.8. The lowest BCUT2D eigenvalue weighted by molar-refractivity contribution is -0.142. The molecule has 0 radical (unpaired) electrons. The number of allylic oxidation sites excluding steroid dienone is 3. The molecule has 2 aromatic rings. The molecule has 5 rings (SSSR count). The topological polar surface area (TPSA) is 94.1 Å². The van der Waals surface area contributed by atoms with Crippen molar-refractivity contribution in [1.82, 2.24) is 5.32 Å². The smallest absolute Gasteiger partial charge is 0.336 e. The molecule has 38 heavy (non-hydrogen) atoms. The molecule has 9 heteroatoms. The molecule has 1 fully saturated rings. The Kier molecular flexibility index (Phi) is 7.59. The van der Waals surface area contributed by atoms with E-state index >= 15 is 0 Å². The molecule has 2 aromatic carbocycles. The van der Waals surface area contributed by atoms with Crippen LogP contribution in [0.4, 0.5) is 4.39 Å². The molecule has 3 aliphatic rings. The average Bonchev–Trinajstić information content (AvgIpc) is 3.42. The number of dihydropyridines is 1. The fraction of sp³-hybridized carbons (Fsp3) is 0.379. The molecule has 0 spiro atoms. The zero-order valence-corrected chi connectivity index (χ0v) is 22.8. The second kappa shape index (κ2) is 10.9. The number of methoxy groups -OCH3 is 1. The van der Waals surface area contributed by atoms with E-state index in [1.807, 2.05) is 0 Å². The predicted octanol–water partition coefficient (Wildman–Crippen LogP) is 5.39. The van der Waals surface area contributed by atoms with Crippen LogP contribution in [0, 0.1) is 5.82 Å². The molecular weight excluding hydrogens is 557 g/mol. The number of Topliss-reactive ketones (excluding diaryl/α,β-unsaturated/α-hetero) is 1. The van der Waals surface area contributed by atoms with Crippen molar-refractivity contribution in [3.8, 4) is 11.5 Å². The summed E-state index contributed by atoms with van der Waals surface area (Å²) < 4.78 is 30.6. The Balaban J connectivity index is 1.55. The summed E-state index contributed by atoms with van der Waals surface area (Å²) in [4.78, 5) is 27.3. The van der Waals surface area contributed by atoms with Gasteiger partial charge in [-0.15, -0.1) is 0 Å². The van der Waals surface area contributed by atoms with Crippen LogP contribution < -0.4 is 10.1 Å². The molecule has 1 saturated heterocycles. The van der Waals surface area contributed by atoms with Gasteiger partial charge in [0.05, 0.1) is 23.3 Å². The molecular formula is C29H29BrFNO6. The number of phenols is 1. The standard InChI is InChI=1S/C29H29BrFNO6/c1-15-25(29(35)38-14-20-4-3-9-37-20)26(18-10-21(30)28(34)24(13-18)36-2)27-22(32-15)11-17(12-23(27)33)16-5-7-19(31)8-6-16/h5-8,10,13,17,20,26,32,34H,3-4,9,11-12,14H2,1-2H3/t17-,20-,26+/m0/s1. The number of halogens is 2. The summed E-state index contributed by atoms with van der Waals surface area (Å²) in [5.74, 6) is -1.69. The van der Waals surface area contributed by atoms with Gasteiger partial charge in [-0.05, 0) is 83.4 Å². The van der Waals surface area contributed by atoms with E-state index in [-0.39, 0.29) is 48.1 Å². The first-order valence-electron chi connectivity index (χ1n) is 12.6. The van der Waals surface area contributed by atoms with Gasteiger partial charge in [0.15, 0.2) is 17.3 Å². The number of aromatic hydroxyl groups is 1. The van der Waals surface area contributed by atoms with Gasteiger partial charge in [0.2, 0.25) is 0 Å². The second-order valence-electron chi connectivity index (χ2n) is 9.86. The minimum Gasteiger partial charge on any atom is -0.503 e. The molecule has 0 amide bonds. The first-order chi connectivity index (χ1) is 18.3. The molecule has 0 aromatic heterocycles. The number of hydrogen-bond donors (Lipinski definition) is 2. The SMILES string of the molecule is COc1cc([C@@H]2C(C(=O)OC[C@@H]3CCCO3)=C(C)NC3=C2C(=O)C[C@@H](c2ccc(F)cc2)C3)cc(Br)c1O. The molecule has 2 aliphatic heterocycles. The van der Waals surface area contributed by atoms with Crippen LogP contribution in [0.15, 0.2) is 63.4 Å². The summed E-state index contributed by atoms with van der Waals surface area (Å²) in [5, 5.41) is 13.7. The van der Waals surface area contributed by atoms with E-state index in [4.69, 9.17) is 14.2 Å². The largest absolute Gasteiger partial charge is 0.503 e. The van der Waals surface area contributed by atoms with E-state index in [1.54, 1.807) is 31.2 Å². The molecule has 2 heterocycles. The van der Waals surface area contributed by atoms with E-state index in [1.165, 1.54) is 19.2 Å². The van der Waals surface area contributed by atoms with Gasteiger partial charge in [0.1, 0.15) is 12.4 Å². The number of carbonyl (C=O) groups excluding carboxylic acids is 2. The highest BCUT2D eigenvalue weighted by molar-refractivity contribution is 9.10. The molecule has 200 valence electrons. The van der Waals surface area contributed by atoms with Crippen molar-refractivity contribution in [3.05, 3.63) is 80.4 Å². The summed E-state index contributed by atoms with van der Waals surface area (Å²) in [6.07, 6.45) is 2.36. The molecule has 0 saturated carbocycles. The van der Waals surface area contributed by atoms with Crippen LogP contribution >= 0.6 is 15.9 Å². The highest BCUT2D eigenvalue weighted by Gasteiger charge is 2.42. The normalized spacial score (nSPS) is 23.3. The number of hydrogen-bond acceptors (Lipinski definition) is 7. The van der Waals surface area contributed by atoms with Gasteiger partial charge in [-0.3, -0.25) is 4.79 Å². The summed E-state index contributed by atoms with van der Waals surface area (Å²) in [7, 11) is 1.44. The van der Waals surface area contributed by atoms with Crippen LogP contribution in [-0.4, -0.2) is 43.3 Å². The summed E-state index contributed by atoms with van der Waals surface area (Å²) >= 11 is 3.37. The van der Waals surface area contributed by atoms with Gasteiger partial charge >= 0.3 is 5.97 Å². The summed E-state index contributed by atoms with van der Waals surface area (Å²) in [5.41, 5.74) is 3.60. The monoisotopic (exact) mass is 585 g/mol. The van der Waals surface area contributed by atoms with Crippen LogP contribution in [0.1, 0.15) is 55.6 Å². The van der Waals surface area contributed by atoms with E-state index in [0.717, 1.165) is 24.1 Å². The van der Waals surface area contributed by atoms with Crippen molar-refractivity contribution in [2.45, 2.75) is 50.5 Å². The van der Waals surface area contributed by atoms with Gasteiger partial charge in [-0.25, -0.2) is 9.18 Å². The number of ketones is 1. The van der Waals surface area contributed by atoms with Crippen molar-refractivity contribution in [3.63, 3.8) is 0 Å². The zero-order chi connectivity index (χ0) is 27.0. The lowest BCUT2D eigenvalue weighted by Gasteiger charge is -2.37. The molecule has 0 unspecified atom stereocenters. The Labute approximate surface area is 228 Å². The fourth-order valence-corrected chi connectivity index (χ4v) is 6.01. The lowest BCUT2D eigenvalue weighted by atomic mass is 9.71. The maximum absolute atomic E-state index is 13.8. The predicted molar refractivity (Wildman–Crippen MR) is 141 cm³/mol. The van der Waals surface area contributed by atoms with Crippen molar-refractivity contribution in [1.29, 1.82) is 0 Å². The third-order valence-corrected chi connectivity index (χ3v) is 8.02. The molecule has 1 aliphatic carbocycles. The number of esters is 1. The summed E-state index contributed by atoms with van der Waals surface area (Å²) in [6, 6.07) is 9.54. The van der Waals surface area contributed by atoms with Crippen molar-refractivity contribution in [2.24, 2.45) is 0 Å². The molecule has 7 nitrogen and oxygen atoms in total. The first kappa shape index (κ1) is 26.4. The molecule has 3 atom stereocenters. The van der Waals surface area contributed by atoms with Gasteiger partial charge in [-0.1, -0.05) is 12.1 Å². The van der Waals surface area contributed by atoms with E-state index in [9.17, 15) is 19.1 Å². The Morgan fingerprint density at radius 1 is 1.21 bits per heavy atom. The summed E-state index contributed by atoms with van der Waals surface area (Å²) in [6.45, 7) is 2.57. The van der Waals surface area contributed by atoms with Gasteiger partial charge in [0.25, 0.3) is 0 Å². The van der Waals surface area contributed by atoms with Gasteiger partial charge in [-0.2, -0.15) is 0 Å². The number of benzene rings is 2. The van der Waals surface area contributed by atoms with E-state index in [0.29, 0.717) is 39.9 Å². The van der Waals surface area contributed by atoms with Crippen LogP contribution in [0.3, 0.4) is 0 Å². The Morgan fingerprint density at radius 3 is 2.66 bits per heavy atom. The maximum Gasteiger partial charge on any atom is 0.336 e. The van der Waals surface area contributed by atoms with Gasteiger partial charge in [0, 0.05) is 35.9 Å². The minimum atomic E-state index is -0.726. The Morgan fingerprint density at radius 2 is 1.97 bits per heavy atom. The number of phenolic OH excluding ortho intramolecular Hbond substituents is 1. The number of nitrogens with one attached hydrogen (secondary N) is 1. The van der Waals surface area contributed by atoms with Crippen molar-refractivity contribution >= 4 is 27.7 Å². The zero-order valence-electron chi connectivity index (χ0n) is 21.2. The van der Waals surface area contributed by atoms with Crippen LogP contribution in [0.25, 0.3) is 0 Å². The van der Waals surface area contributed by atoms with Crippen LogP contribution in [-0.2, 0) is 19.1 Å². The average molecular weight is 586 g/mol. The highest BCUT2D eigenvalue weighted by atomic mass is 79.9. The van der Waals surface area contributed by atoms with Gasteiger partial charge < -0.3 is 24.6 Å². The quantitative estimate of drug-likeness (QED) is 0.439. The fourth-order valence-electron chi connectivity index (χ4n) is 5.55. The minimum absolute atomic E-state index is 0.0751. The van der Waals surface area contributed by atoms with E-state index in [2.05, 4.69) is 21.2 Å². The second-order valence-corrected chi connectivity index (χ2v) is 10.7.